The van der Waals surface area contributed by atoms with Crippen LogP contribution in [-0.2, 0) is 6.54 Å². The van der Waals surface area contributed by atoms with E-state index in [4.69, 9.17) is 0 Å². The van der Waals surface area contributed by atoms with Gasteiger partial charge in [0.15, 0.2) is 0 Å². The van der Waals surface area contributed by atoms with Crippen LogP contribution in [0.4, 0.5) is 5.82 Å². The number of aromatic nitrogens is 4. The minimum absolute atomic E-state index is 0.797. The smallest absolute Gasteiger partial charge is 0.147 e. The highest BCUT2D eigenvalue weighted by molar-refractivity contribution is 7.17. The van der Waals surface area contributed by atoms with Crippen LogP contribution >= 0.6 is 11.3 Å². The summed E-state index contributed by atoms with van der Waals surface area (Å²) >= 11 is 1.65. The van der Waals surface area contributed by atoms with Crippen molar-refractivity contribution in [1.82, 2.24) is 19.7 Å². The molecule has 0 radical (unpaired) electrons. The number of hydrogen-bond donors (Lipinski definition) is 1. The van der Waals surface area contributed by atoms with E-state index in [9.17, 15) is 0 Å². The van der Waals surface area contributed by atoms with E-state index in [0.29, 0.717) is 0 Å². The second-order valence-electron chi connectivity index (χ2n) is 3.55. The molecular formula is C11H11N5S. The topological polar surface area (TPSA) is 55.6 Å². The predicted molar refractivity (Wildman–Crippen MR) is 68.1 cm³/mol. The molecule has 86 valence electrons. The van der Waals surface area contributed by atoms with Gasteiger partial charge in [-0.25, -0.2) is 9.97 Å². The third kappa shape index (κ3) is 2.12. The second kappa shape index (κ2) is 4.50. The first kappa shape index (κ1) is 10.2. The van der Waals surface area contributed by atoms with Crippen LogP contribution in [-0.4, -0.2) is 26.3 Å². The lowest BCUT2D eigenvalue weighted by Gasteiger charge is -2.06. The molecule has 0 aromatic carbocycles. The summed E-state index contributed by atoms with van der Waals surface area (Å²) in [6.07, 6.45) is 5.32. The van der Waals surface area contributed by atoms with Crippen molar-refractivity contribution in [3.8, 4) is 0 Å². The molecule has 0 atom stereocenters. The molecule has 0 saturated carbocycles. The fourth-order valence-electron chi connectivity index (χ4n) is 1.64. The molecule has 0 saturated heterocycles. The van der Waals surface area contributed by atoms with Gasteiger partial charge in [0.2, 0.25) is 0 Å². The van der Waals surface area contributed by atoms with Crippen LogP contribution in [0.3, 0.4) is 0 Å². The maximum absolute atomic E-state index is 4.26. The molecular weight excluding hydrogens is 234 g/mol. The van der Waals surface area contributed by atoms with Gasteiger partial charge in [0.1, 0.15) is 12.1 Å². The molecule has 6 heteroatoms. The van der Waals surface area contributed by atoms with Crippen molar-refractivity contribution >= 4 is 27.4 Å². The SMILES string of the molecule is c1cnn(CCNc2ncnc3ccsc23)c1. The van der Waals surface area contributed by atoms with Crippen molar-refractivity contribution in [2.45, 2.75) is 6.54 Å². The third-order valence-electron chi connectivity index (χ3n) is 2.44. The van der Waals surface area contributed by atoms with Crippen LogP contribution in [0, 0.1) is 0 Å². The van der Waals surface area contributed by atoms with E-state index in [1.54, 1.807) is 23.9 Å². The van der Waals surface area contributed by atoms with Crippen molar-refractivity contribution in [2.24, 2.45) is 0 Å². The van der Waals surface area contributed by atoms with Gasteiger partial charge in [-0.3, -0.25) is 4.68 Å². The van der Waals surface area contributed by atoms with Gasteiger partial charge in [0.05, 0.1) is 16.8 Å². The van der Waals surface area contributed by atoms with E-state index in [-0.39, 0.29) is 0 Å². The van der Waals surface area contributed by atoms with Crippen LogP contribution in [0.5, 0.6) is 0 Å². The molecule has 0 unspecified atom stereocenters. The zero-order chi connectivity index (χ0) is 11.5. The number of fused-ring (bicyclic) bond motifs is 1. The highest BCUT2D eigenvalue weighted by Crippen LogP contribution is 2.24. The van der Waals surface area contributed by atoms with E-state index in [2.05, 4.69) is 20.4 Å². The van der Waals surface area contributed by atoms with Crippen LogP contribution in [0.1, 0.15) is 0 Å². The molecule has 5 nitrogen and oxygen atoms in total. The van der Waals surface area contributed by atoms with E-state index >= 15 is 0 Å². The average Bonchev–Trinajstić information content (AvgIpc) is 2.99. The second-order valence-corrected chi connectivity index (χ2v) is 4.47. The Bertz CT molecular complexity index is 601. The first-order valence-electron chi connectivity index (χ1n) is 5.33. The molecule has 3 aromatic heterocycles. The summed E-state index contributed by atoms with van der Waals surface area (Å²) in [5.74, 6) is 0.900. The Kier molecular flexibility index (Phi) is 2.71. The predicted octanol–water partition coefficient (Wildman–Crippen LogP) is 2.00. The highest BCUT2D eigenvalue weighted by Gasteiger charge is 2.03. The third-order valence-corrected chi connectivity index (χ3v) is 3.35. The zero-order valence-corrected chi connectivity index (χ0v) is 9.89. The Hall–Kier alpha value is -1.95. The summed E-state index contributed by atoms with van der Waals surface area (Å²) < 4.78 is 2.99. The number of nitrogens with zero attached hydrogens (tertiary/aromatic N) is 4. The van der Waals surface area contributed by atoms with Crippen LogP contribution in [0.2, 0.25) is 0 Å². The standard InChI is InChI=1S/C11H11N5S/c1-3-15-16(5-1)6-4-12-11-10-9(2-7-17-10)13-8-14-11/h1-3,5,7-8H,4,6H2,(H,12,13,14). The molecule has 0 amide bonds. The number of nitrogens with one attached hydrogen (secondary N) is 1. The average molecular weight is 245 g/mol. The molecule has 3 heterocycles. The summed E-state index contributed by atoms with van der Waals surface area (Å²) in [6, 6.07) is 3.92. The lowest BCUT2D eigenvalue weighted by Crippen LogP contribution is -2.11. The largest absolute Gasteiger partial charge is 0.367 e. The van der Waals surface area contributed by atoms with E-state index in [0.717, 1.165) is 29.1 Å². The molecule has 17 heavy (non-hydrogen) atoms. The molecule has 0 spiro atoms. The van der Waals surface area contributed by atoms with Gasteiger partial charge in [0, 0.05) is 18.9 Å². The zero-order valence-electron chi connectivity index (χ0n) is 9.08. The van der Waals surface area contributed by atoms with Gasteiger partial charge >= 0.3 is 0 Å². The number of hydrogen-bond acceptors (Lipinski definition) is 5. The first-order chi connectivity index (χ1) is 8.43. The van der Waals surface area contributed by atoms with Crippen molar-refractivity contribution in [2.75, 3.05) is 11.9 Å². The summed E-state index contributed by atoms with van der Waals surface area (Å²) in [5.41, 5.74) is 0.992. The van der Waals surface area contributed by atoms with Crippen LogP contribution in [0.15, 0.2) is 36.2 Å². The minimum atomic E-state index is 0.797. The summed E-state index contributed by atoms with van der Waals surface area (Å²) in [6.45, 7) is 1.62. The van der Waals surface area contributed by atoms with E-state index in [1.807, 2.05) is 28.4 Å². The molecule has 0 aliphatic heterocycles. The van der Waals surface area contributed by atoms with Crippen molar-refractivity contribution in [3.63, 3.8) is 0 Å². The van der Waals surface area contributed by atoms with E-state index < -0.39 is 0 Å². The van der Waals surface area contributed by atoms with Gasteiger partial charge in [-0.05, 0) is 17.5 Å². The highest BCUT2D eigenvalue weighted by atomic mass is 32.1. The fourth-order valence-corrected chi connectivity index (χ4v) is 2.45. The Labute approximate surface area is 102 Å². The number of rotatable bonds is 4. The minimum Gasteiger partial charge on any atom is -0.367 e. The van der Waals surface area contributed by atoms with Crippen molar-refractivity contribution in [1.29, 1.82) is 0 Å². The fraction of sp³-hybridized carbons (Fsp3) is 0.182. The summed E-state index contributed by atoms with van der Waals surface area (Å²) in [5, 5.41) is 9.48. The van der Waals surface area contributed by atoms with Gasteiger partial charge in [0.25, 0.3) is 0 Å². The van der Waals surface area contributed by atoms with Gasteiger partial charge < -0.3 is 5.32 Å². The molecule has 0 aliphatic rings. The normalized spacial score (nSPS) is 10.8. The Balaban J connectivity index is 1.70. The quantitative estimate of drug-likeness (QED) is 0.764. The number of thiophene rings is 1. The molecule has 3 aromatic rings. The maximum atomic E-state index is 4.26. The van der Waals surface area contributed by atoms with Crippen molar-refractivity contribution < 1.29 is 0 Å². The number of anilines is 1. The monoisotopic (exact) mass is 245 g/mol. The molecule has 3 rings (SSSR count). The Morgan fingerprint density at radius 1 is 1.35 bits per heavy atom. The molecule has 1 N–H and O–H groups in total. The van der Waals surface area contributed by atoms with Crippen LogP contribution < -0.4 is 5.32 Å². The molecule has 0 aliphatic carbocycles. The van der Waals surface area contributed by atoms with E-state index in [1.165, 1.54) is 0 Å². The van der Waals surface area contributed by atoms with Gasteiger partial charge in [-0.15, -0.1) is 11.3 Å². The maximum Gasteiger partial charge on any atom is 0.147 e. The van der Waals surface area contributed by atoms with Crippen molar-refractivity contribution in [3.05, 3.63) is 36.2 Å². The summed E-state index contributed by atoms with van der Waals surface area (Å²) in [7, 11) is 0. The molecule has 0 fully saturated rings. The molecule has 0 bridgehead atoms. The summed E-state index contributed by atoms with van der Waals surface area (Å²) in [4.78, 5) is 8.46. The van der Waals surface area contributed by atoms with Crippen LogP contribution in [0.25, 0.3) is 10.2 Å². The Morgan fingerprint density at radius 2 is 2.35 bits per heavy atom. The Morgan fingerprint density at radius 3 is 3.24 bits per heavy atom. The first-order valence-corrected chi connectivity index (χ1v) is 6.21. The lowest BCUT2D eigenvalue weighted by atomic mass is 10.4. The lowest BCUT2D eigenvalue weighted by molar-refractivity contribution is 0.637. The van der Waals surface area contributed by atoms with Gasteiger partial charge in [-0.1, -0.05) is 0 Å². The van der Waals surface area contributed by atoms with Gasteiger partial charge in [-0.2, -0.15) is 5.10 Å².